The molecule has 0 aromatic carbocycles. The summed E-state index contributed by atoms with van der Waals surface area (Å²) in [5, 5.41) is 13.8. The summed E-state index contributed by atoms with van der Waals surface area (Å²) < 4.78 is 0. The topological polar surface area (TPSA) is 49.3 Å². The Labute approximate surface area is 123 Å². The van der Waals surface area contributed by atoms with Gasteiger partial charge in [-0.3, -0.25) is 4.79 Å². The number of hydrogen-bond acceptors (Lipinski definition) is 3. The maximum Gasteiger partial charge on any atom is 0.163 e. The molecule has 116 valence electrons. The number of ketones is 1. The first-order chi connectivity index (χ1) is 9.26. The molecule has 0 amide bonds. The number of carbonyl (C=O) groups is 1. The molecule has 1 atom stereocenters. The number of hydrogen-bond donors (Lipinski definition) is 2. The van der Waals surface area contributed by atoms with Gasteiger partial charge in [-0.25, -0.2) is 0 Å². The molecule has 1 unspecified atom stereocenters. The summed E-state index contributed by atoms with van der Waals surface area (Å²) >= 11 is 0. The Morgan fingerprint density at radius 1 is 1.45 bits per heavy atom. The van der Waals surface area contributed by atoms with Crippen LogP contribution in [0.15, 0.2) is 11.3 Å². The maximum atomic E-state index is 12.4. The first-order valence-corrected chi connectivity index (χ1v) is 7.95. The standard InChI is InChI=1S/C17H31NO2/c1-6-7-8-18-13(9-12(2)3)16-14(19)10-17(4,5)11-15(16)20/h12,14,18-19H,6-11H2,1-5H3/b16-13-. The first-order valence-electron chi connectivity index (χ1n) is 7.95. The van der Waals surface area contributed by atoms with Gasteiger partial charge < -0.3 is 10.4 Å². The lowest BCUT2D eigenvalue weighted by atomic mass is 9.72. The summed E-state index contributed by atoms with van der Waals surface area (Å²) in [5.41, 5.74) is 1.53. The van der Waals surface area contributed by atoms with Crippen LogP contribution in [0.25, 0.3) is 0 Å². The molecule has 0 radical (unpaired) electrons. The van der Waals surface area contributed by atoms with Gasteiger partial charge >= 0.3 is 0 Å². The lowest BCUT2D eigenvalue weighted by Gasteiger charge is -2.35. The zero-order chi connectivity index (χ0) is 15.3. The lowest BCUT2D eigenvalue weighted by molar-refractivity contribution is -0.121. The molecule has 1 fully saturated rings. The van der Waals surface area contributed by atoms with Gasteiger partial charge in [0.25, 0.3) is 0 Å². The van der Waals surface area contributed by atoms with Gasteiger partial charge in [0.1, 0.15) is 0 Å². The molecule has 0 bridgehead atoms. The van der Waals surface area contributed by atoms with Crippen LogP contribution in [0.3, 0.4) is 0 Å². The SMILES string of the molecule is CCCCN/C(CC(C)C)=C1\C(=O)CC(C)(C)CC1O. The Balaban J connectivity index is 2.96. The fourth-order valence-electron chi connectivity index (χ4n) is 2.88. The van der Waals surface area contributed by atoms with Crippen molar-refractivity contribution in [2.75, 3.05) is 6.54 Å². The van der Waals surface area contributed by atoms with Crippen molar-refractivity contribution in [3.63, 3.8) is 0 Å². The molecular formula is C17H31NO2. The molecule has 0 spiro atoms. The van der Waals surface area contributed by atoms with Crippen LogP contribution in [0.4, 0.5) is 0 Å². The van der Waals surface area contributed by atoms with Crippen molar-refractivity contribution < 1.29 is 9.90 Å². The fraction of sp³-hybridized carbons (Fsp3) is 0.824. The average Bonchev–Trinajstić information content (AvgIpc) is 2.25. The van der Waals surface area contributed by atoms with E-state index >= 15 is 0 Å². The number of nitrogens with one attached hydrogen (secondary N) is 1. The van der Waals surface area contributed by atoms with Gasteiger partial charge in [-0.05, 0) is 30.6 Å². The van der Waals surface area contributed by atoms with Gasteiger partial charge in [-0.1, -0.05) is 41.0 Å². The van der Waals surface area contributed by atoms with Gasteiger partial charge in [-0.15, -0.1) is 0 Å². The minimum atomic E-state index is -0.617. The second-order valence-electron chi connectivity index (χ2n) is 7.25. The third-order valence-corrected chi connectivity index (χ3v) is 3.82. The van der Waals surface area contributed by atoms with Gasteiger partial charge in [0.15, 0.2) is 5.78 Å². The minimum Gasteiger partial charge on any atom is -0.388 e. The van der Waals surface area contributed by atoms with Crippen molar-refractivity contribution in [3.8, 4) is 0 Å². The van der Waals surface area contributed by atoms with Gasteiger partial charge in [0.05, 0.1) is 6.10 Å². The maximum absolute atomic E-state index is 12.4. The van der Waals surface area contributed by atoms with Crippen LogP contribution in [0.2, 0.25) is 0 Å². The van der Waals surface area contributed by atoms with E-state index in [0.29, 0.717) is 24.3 Å². The van der Waals surface area contributed by atoms with Crippen molar-refractivity contribution in [3.05, 3.63) is 11.3 Å². The summed E-state index contributed by atoms with van der Waals surface area (Å²) in [7, 11) is 0. The van der Waals surface area contributed by atoms with E-state index in [1.807, 2.05) is 0 Å². The molecular weight excluding hydrogens is 250 g/mol. The van der Waals surface area contributed by atoms with Crippen molar-refractivity contribution in [1.29, 1.82) is 0 Å². The number of Topliss-reactive ketones (excluding diaryl/α,β-unsaturated/α-hetero) is 1. The Morgan fingerprint density at radius 2 is 2.10 bits per heavy atom. The third-order valence-electron chi connectivity index (χ3n) is 3.82. The predicted molar refractivity (Wildman–Crippen MR) is 83.4 cm³/mol. The summed E-state index contributed by atoms with van der Waals surface area (Å²) in [6.45, 7) is 11.4. The summed E-state index contributed by atoms with van der Waals surface area (Å²) in [5.74, 6) is 0.593. The molecule has 3 heteroatoms. The molecule has 0 aromatic heterocycles. The first kappa shape index (κ1) is 17.2. The van der Waals surface area contributed by atoms with Crippen molar-refractivity contribution >= 4 is 5.78 Å². The van der Waals surface area contributed by atoms with E-state index in [1.165, 1.54) is 0 Å². The highest BCUT2D eigenvalue weighted by Crippen LogP contribution is 2.37. The van der Waals surface area contributed by atoms with E-state index in [1.54, 1.807) is 0 Å². The van der Waals surface area contributed by atoms with Crippen LogP contribution in [-0.4, -0.2) is 23.5 Å². The number of allylic oxidation sites excluding steroid dienone is 1. The van der Waals surface area contributed by atoms with Crippen LogP contribution >= 0.6 is 0 Å². The number of unbranched alkanes of at least 4 members (excludes halogenated alkanes) is 1. The monoisotopic (exact) mass is 281 g/mol. The number of carbonyl (C=O) groups excluding carboxylic acids is 1. The van der Waals surface area contributed by atoms with E-state index in [-0.39, 0.29) is 11.2 Å². The molecule has 2 N–H and O–H groups in total. The Morgan fingerprint density at radius 3 is 2.60 bits per heavy atom. The predicted octanol–water partition coefficient (Wildman–Crippen LogP) is 3.43. The van der Waals surface area contributed by atoms with Crippen molar-refractivity contribution in [1.82, 2.24) is 5.32 Å². The summed E-state index contributed by atoms with van der Waals surface area (Å²) in [6.07, 6.45) is 3.64. The molecule has 1 saturated carbocycles. The van der Waals surface area contributed by atoms with Crippen molar-refractivity contribution in [2.45, 2.75) is 72.8 Å². The highest BCUT2D eigenvalue weighted by molar-refractivity contribution is 5.98. The highest BCUT2D eigenvalue weighted by atomic mass is 16.3. The highest BCUT2D eigenvalue weighted by Gasteiger charge is 2.37. The van der Waals surface area contributed by atoms with Crippen LogP contribution in [0.5, 0.6) is 0 Å². The molecule has 0 heterocycles. The molecule has 3 nitrogen and oxygen atoms in total. The molecule has 1 aliphatic rings. The van der Waals surface area contributed by atoms with Crippen LogP contribution in [0, 0.1) is 11.3 Å². The van der Waals surface area contributed by atoms with E-state index in [4.69, 9.17) is 0 Å². The Kier molecular flexibility index (Phi) is 6.25. The number of aliphatic hydroxyl groups is 1. The average molecular weight is 281 g/mol. The molecule has 0 aromatic rings. The minimum absolute atomic E-state index is 0.0909. The fourth-order valence-corrected chi connectivity index (χ4v) is 2.88. The Hall–Kier alpha value is -0.830. The van der Waals surface area contributed by atoms with Gasteiger partial charge in [0.2, 0.25) is 0 Å². The van der Waals surface area contributed by atoms with Crippen LogP contribution in [-0.2, 0) is 4.79 Å². The number of aliphatic hydroxyl groups excluding tert-OH is 1. The lowest BCUT2D eigenvalue weighted by Crippen LogP contribution is -2.37. The number of rotatable bonds is 6. The van der Waals surface area contributed by atoms with E-state index in [9.17, 15) is 9.90 Å². The summed E-state index contributed by atoms with van der Waals surface area (Å²) in [6, 6.07) is 0. The van der Waals surface area contributed by atoms with Crippen LogP contribution in [0.1, 0.15) is 66.7 Å². The Bertz CT molecular complexity index is 369. The smallest absolute Gasteiger partial charge is 0.163 e. The second-order valence-corrected chi connectivity index (χ2v) is 7.25. The van der Waals surface area contributed by atoms with Crippen molar-refractivity contribution in [2.24, 2.45) is 11.3 Å². The molecule has 20 heavy (non-hydrogen) atoms. The second kappa shape index (κ2) is 7.26. The van der Waals surface area contributed by atoms with Gasteiger partial charge in [0, 0.05) is 24.2 Å². The molecule has 0 aliphatic heterocycles. The van der Waals surface area contributed by atoms with E-state index in [2.05, 4.69) is 39.9 Å². The quantitative estimate of drug-likeness (QED) is 0.579. The molecule has 0 saturated heterocycles. The summed E-state index contributed by atoms with van der Waals surface area (Å²) in [4.78, 5) is 12.4. The van der Waals surface area contributed by atoms with E-state index < -0.39 is 6.10 Å². The largest absolute Gasteiger partial charge is 0.388 e. The normalized spacial score (nSPS) is 24.9. The zero-order valence-electron chi connectivity index (χ0n) is 13.8. The molecule has 1 aliphatic carbocycles. The van der Waals surface area contributed by atoms with Crippen LogP contribution < -0.4 is 5.32 Å². The van der Waals surface area contributed by atoms with Gasteiger partial charge in [-0.2, -0.15) is 0 Å². The molecule has 1 rings (SSSR count). The third kappa shape index (κ3) is 4.93. The van der Waals surface area contributed by atoms with E-state index in [0.717, 1.165) is 31.5 Å². The zero-order valence-corrected chi connectivity index (χ0v) is 13.8.